The van der Waals surface area contributed by atoms with E-state index >= 15 is 0 Å². The van der Waals surface area contributed by atoms with E-state index in [1.807, 2.05) is 41.5 Å². The fourth-order valence-electron chi connectivity index (χ4n) is 4.05. The molecule has 1 rings (SSSR count). The molecule has 0 saturated heterocycles. The Morgan fingerprint density at radius 3 is 2.12 bits per heavy atom. The van der Waals surface area contributed by atoms with Crippen LogP contribution in [-0.2, 0) is 25.7 Å². The Balaban J connectivity index is 2.83. The molecule has 42 heavy (non-hydrogen) atoms. The van der Waals surface area contributed by atoms with Crippen molar-refractivity contribution in [2.45, 2.75) is 99.1 Å². The number of carbonyl (C=O) groups excluding carboxylic acids is 4. The van der Waals surface area contributed by atoms with Gasteiger partial charge in [-0.3, -0.25) is 14.4 Å². The first-order valence-corrected chi connectivity index (χ1v) is 15.8. The van der Waals surface area contributed by atoms with Crippen LogP contribution in [0.25, 0.3) is 0 Å². The van der Waals surface area contributed by atoms with Crippen molar-refractivity contribution in [1.82, 2.24) is 31.4 Å². The summed E-state index contributed by atoms with van der Waals surface area (Å²) < 4.78 is 9.95. The average Bonchev–Trinajstić information content (AvgIpc) is 3.32. The number of aryl methyl sites for hydroxylation is 1. The van der Waals surface area contributed by atoms with Crippen molar-refractivity contribution in [1.29, 1.82) is 0 Å². The maximum Gasteiger partial charge on any atom is 0.408 e. The van der Waals surface area contributed by atoms with Crippen molar-refractivity contribution < 1.29 is 33.5 Å². The molecular weight excluding hydrogens is 564 g/mol. The number of nitrogens with one attached hydrogen (secondary N) is 4. The van der Waals surface area contributed by atoms with Gasteiger partial charge in [0.1, 0.15) is 12.1 Å². The summed E-state index contributed by atoms with van der Waals surface area (Å²) >= 11 is 1.36. The molecule has 0 aliphatic carbocycles. The van der Waals surface area contributed by atoms with Crippen LogP contribution in [0.3, 0.4) is 0 Å². The summed E-state index contributed by atoms with van der Waals surface area (Å²) in [6.07, 6.45) is 0.433. The minimum absolute atomic E-state index is 0.0642. The minimum atomic E-state index is -1.05. The van der Waals surface area contributed by atoms with Crippen LogP contribution < -0.4 is 21.3 Å². The van der Waals surface area contributed by atoms with Crippen LogP contribution in [0.1, 0.15) is 73.0 Å². The Hall–Kier alpha value is -2.87. The summed E-state index contributed by atoms with van der Waals surface area (Å²) in [7, 11) is 0. The number of aromatic nitrogens is 2. The second-order valence-corrected chi connectivity index (χ2v) is 12.7. The lowest BCUT2D eigenvalue weighted by Gasteiger charge is -2.30. The van der Waals surface area contributed by atoms with E-state index in [2.05, 4.69) is 31.4 Å². The SMILES string of the molecule is CSC[C@H](NC(=O)OCc1noc(C)n1)C(=O)N[C@H](CC(C)C)[C@@H](O)C[C@@H](C)C(=O)N[C@@H](C(=O)NCC(C)C)C(C)C. The van der Waals surface area contributed by atoms with Crippen molar-refractivity contribution in [3.8, 4) is 0 Å². The van der Waals surface area contributed by atoms with Gasteiger partial charge >= 0.3 is 6.09 Å². The van der Waals surface area contributed by atoms with E-state index in [0.29, 0.717) is 18.9 Å². The second-order valence-electron chi connectivity index (χ2n) is 11.8. The number of aliphatic hydroxyl groups excluding tert-OH is 1. The van der Waals surface area contributed by atoms with Gasteiger partial charge in [0.05, 0.1) is 12.1 Å². The highest BCUT2D eigenvalue weighted by Gasteiger charge is 2.31. The van der Waals surface area contributed by atoms with Crippen LogP contribution in [0.4, 0.5) is 4.79 Å². The third-order valence-electron chi connectivity index (χ3n) is 6.34. The molecular formula is C28H50N6O7S. The van der Waals surface area contributed by atoms with Crippen LogP contribution >= 0.6 is 11.8 Å². The molecule has 14 heteroatoms. The number of rotatable bonds is 18. The van der Waals surface area contributed by atoms with Crippen LogP contribution in [0.5, 0.6) is 0 Å². The maximum atomic E-state index is 13.2. The van der Waals surface area contributed by atoms with Gasteiger partial charge in [-0.25, -0.2) is 4.79 Å². The Bertz CT molecular complexity index is 1000. The lowest BCUT2D eigenvalue weighted by Crippen LogP contribution is -2.54. The molecule has 4 amide bonds. The minimum Gasteiger partial charge on any atom is -0.441 e. The number of ether oxygens (including phenoxy) is 1. The van der Waals surface area contributed by atoms with E-state index in [9.17, 15) is 24.3 Å². The molecule has 5 atom stereocenters. The molecule has 13 nitrogen and oxygen atoms in total. The zero-order valence-corrected chi connectivity index (χ0v) is 27.2. The van der Waals surface area contributed by atoms with Gasteiger partial charge in [0.2, 0.25) is 29.4 Å². The van der Waals surface area contributed by atoms with E-state index in [-0.39, 0.29) is 54.2 Å². The predicted molar refractivity (Wildman–Crippen MR) is 160 cm³/mol. The number of alkyl carbamates (subject to hydrolysis) is 1. The first-order chi connectivity index (χ1) is 19.6. The molecule has 0 aromatic carbocycles. The Labute approximate surface area is 253 Å². The molecule has 0 bridgehead atoms. The Morgan fingerprint density at radius 1 is 0.929 bits per heavy atom. The summed E-state index contributed by atoms with van der Waals surface area (Å²) in [5.41, 5.74) is 0. The van der Waals surface area contributed by atoms with Crippen molar-refractivity contribution in [2.24, 2.45) is 23.7 Å². The van der Waals surface area contributed by atoms with Gasteiger partial charge in [0, 0.05) is 25.1 Å². The summed E-state index contributed by atoms with van der Waals surface area (Å²) in [5, 5.41) is 25.9. The quantitative estimate of drug-likeness (QED) is 0.164. The Morgan fingerprint density at radius 2 is 1.60 bits per heavy atom. The molecule has 1 aromatic heterocycles. The van der Waals surface area contributed by atoms with Crippen LogP contribution in [0.15, 0.2) is 4.52 Å². The molecule has 0 saturated carbocycles. The topological polar surface area (TPSA) is 185 Å². The van der Waals surface area contributed by atoms with Gasteiger partial charge in [-0.2, -0.15) is 16.7 Å². The van der Waals surface area contributed by atoms with Crippen molar-refractivity contribution in [3.05, 3.63) is 11.7 Å². The highest BCUT2D eigenvalue weighted by molar-refractivity contribution is 7.98. The molecule has 0 fully saturated rings. The first kappa shape index (κ1) is 37.2. The zero-order valence-electron chi connectivity index (χ0n) is 26.4. The summed E-state index contributed by atoms with van der Waals surface area (Å²) in [6.45, 7) is 15.2. The normalized spacial score (nSPS) is 15.1. The Kier molecular flexibility index (Phi) is 16.5. The lowest BCUT2D eigenvalue weighted by atomic mass is 9.91. The number of aliphatic hydroxyl groups is 1. The highest BCUT2D eigenvalue weighted by atomic mass is 32.2. The predicted octanol–water partition coefficient (Wildman–Crippen LogP) is 2.17. The summed E-state index contributed by atoms with van der Waals surface area (Å²) in [4.78, 5) is 55.2. The molecule has 5 N–H and O–H groups in total. The molecule has 0 aliphatic heterocycles. The highest BCUT2D eigenvalue weighted by Crippen LogP contribution is 2.17. The summed E-state index contributed by atoms with van der Waals surface area (Å²) in [5.74, 6) is -0.654. The van der Waals surface area contributed by atoms with E-state index in [1.54, 1.807) is 20.1 Å². The van der Waals surface area contributed by atoms with Gasteiger partial charge < -0.3 is 35.6 Å². The van der Waals surface area contributed by atoms with Crippen molar-refractivity contribution >= 4 is 35.6 Å². The van der Waals surface area contributed by atoms with Crippen LogP contribution in [0, 0.1) is 30.6 Å². The second kappa shape index (κ2) is 18.6. The van der Waals surface area contributed by atoms with Gasteiger partial charge in [0.25, 0.3) is 0 Å². The molecule has 0 aliphatic rings. The number of carbonyl (C=O) groups is 4. The van der Waals surface area contributed by atoms with Gasteiger partial charge in [-0.05, 0) is 36.9 Å². The van der Waals surface area contributed by atoms with Gasteiger partial charge in [-0.1, -0.05) is 53.6 Å². The van der Waals surface area contributed by atoms with E-state index in [0.717, 1.165) is 0 Å². The van der Waals surface area contributed by atoms with Crippen molar-refractivity contribution in [3.63, 3.8) is 0 Å². The number of hydrogen-bond acceptors (Lipinski definition) is 10. The molecule has 0 spiro atoms. The lowest BCUT2D eigenvalue weighted by molar-refractivity contribution is -0.132. The van der Waals surface area contributed by atoms with E-state index in [1.165, 1.54) is 11.8 Å². The number of nitrogens with zero attached hydrogens (tertiary/aromatic N) is 2. The van der Waals surface area contributed by atoms with E-state index in [4.69, 9.17) is 9.26 Å². The standard InChI is InChI=1S/C28H50N6O7S/c1-15(2)10-20(22(35)11-18(7)25(36)33-24(17(5)6)27(38)29-12-16(3)4)31-26(37)21(14-42-9)32-28(39)40-13-23-30-19(8)41-34-23/h15-18,20-22,24,35H,10-14H2,1-9H3,(H,29,38)(H,31,37)(H,32,39)(H,33,36)/t18-,20-,21+,22+,24-/m1/s1. The molecule has 1 heterocycles. The third kappa shape index (κ3) is 13.9. The molecule has 0 unspecified atom stereocenters. The fourth-order valence-corrected chi connectivity index (χ4v) is 4.61. The molecule has 240 valence electrons. The zero-order chi connectivity index (χ0) is 32.0. The maximum absolute atomic E-state index is 13.2. The van der Waals surface area contributed by atoms with Crippen LogP contribution in [-0.4, -0.2) is 81.8 Å². The largest absolute Gasteiger partial charge is 0.441 e. The monoisotopic (exact) mass is 614 g/mol. The van der Waals surface area contributed by atoms with E-state index < -0.39 is 42.1 Å². The molecule has 0 radical (unpaired) electrons. The number of amides is 4. The van der Waals surface area contributed by atoms with Gasteiger partial charge in [-0.15, -0.1) is 0 Å². The summed E-state index contributed by atoms with van der Waals surface area (Å²) in [6, 6.07) is -2.31. The number of hydrogen-bond donors (Lipinski definition) is 5. The van der Waals surface area contributed by atoms with Crippen LogP contribution in [0.2, 0.25) is 0 Å². The average molecular weight is 615 g/mol. The molecule has 1 aromatic rings. The third-order valence-corrected chi connectivity index (χ3v) is 7.00. The fraction of sp³-hybridized carbons (Fsp3) is 0.786. The van der Waals surface area contributed by atoms with Gasteiger partial charge in [0.15, 0.2) is 6.61 Å². The number of thioether (sulfide) groups is 1. The smallest absolute Gasteiger partial charge is 0.408 e. The van der Waals surface area contributed by atoms with Crippen molar-refractivity contribution in [2.75, 3.05) is 18.6 Å². The first-order valence-electron chi connectivity index (χ1n) is 14.4.